The summed E-state index contributed by atoms with van der Waals surface area (Å²) in [4.78, 5) is 2.48. The molecule has 0 fully saturated rings. The topological polar surface area (TPSA) is 3.24 Å². The molecule has 2 aliphatic carbocycles. The molecule has 0 heterocycles. The molecular weight excluding hydrogens is 687 g/mol. The van der Waals surface area contributed by atoms with E-state index >= 15 is 0 Å². The first-order valence-corrected chi connectivity index (χ1v) is 20.2. The second kappa shape index (κ2) is 12.4. The van der Waals surface area contributed by atoms with Crippen LogP contribution < -0.4 is 4.90 Å². The molecule has 57 heavy (non-hydrogen) atoms. The Bertz CT molecular complexity index is 3070. The van der Waals surface area contributed by atoms with Crippen molar-refractivity contribution in [2.45, 2.75) is 38.5 Å². The van der Waals surface area contributed by atoms with Crippen LogP contribution in [-0.4, -0.2) is 0 Å². The van der Waals surface area contributed by atoms with Crippen LogP contribution in [0.2, 0.25) is 0 Å². The van der Waals surface area contributed by atoms with Crippen molar-refractivity contribution in [3.05, 3.63) is 210 Å². The van der Waals surface area contributed by atoms with Gasteiger partial charge in [0.2, 0.25) is 0 Å². The van der Waals surface area contributed by atoms with Gasteiger partial charge in [0.1, 0.15) is 0 Å². The van der Waals surface area contributed by atoms with Gasteiger partial charge in [-0.05, 0) is 119 Å². The number of hydrogen-bond acceptors (Lipinski definition) is 1. The lowest BCUT2D eigenvalue weighted by Crippen LogP contribution is -2.15. The van der Waals surface area contributed by atoms with Crippen molar-refractivity contribution < 1.29 is 0 Å². The van der Waals surface area contributed by atoms with Crippen molar-refractivity contribution in [3.63, 3.8) is 0 Å². The van der Waals surface area contributed by atoms with E-state index in [1.807, 2.05) is 0 Å². The number of fused-ring (bicyclic) bond motifs is 9. The van der Waals surface area contributed by atoms with Gasteiger partial charge in [0.05, 0.1) is 5.69 Å². The molecule has 272 valence electrons. The standard InChI is InChI=1S/C56H43N/c1-55(2)49-20-10-7-16-44(49)48-35-41(31-33-51(48)55)57(40-29-26-36(27-30-40)38-28-32-43-39(34-38)25-24-37-14-5-6-15-42(37)43)53-23-12-9-17-45(53)46-19-13-22-52-54(46)47-18-8-11-21-50(47)56(52,3)4/h5-35H,1-4H3. The summed E-state index contributed by atoms with van der Waals surface area (Å²) >= 11 is 0. The van der Waals surface area contributed by atoms with Gasteiger partial charge in [0.25, 0.3) is 0 Å². The quantitative estimate of drug-likeness (QED) is 0.159. The predicted octanol–water partition coefficient (Wildman–Crippen LogP) is 15.4. The molecule has 0 N–H and O–H groups in total. The summed E-state index contributed by atoms with van der Waals surface area (Å²) in [6.45, 7) is 9.44. The summed E-state index contributed by atoms with van der Waals surface area (Å²) in [6.07, 6.45) is 0. The van der Waals surface area contributed by atoms with Crippen LogP contribution in [0.3, 0.4) is 0 Å². The second-order valence-electron chi connectivity index (χ2n) is 16.9. The fourth-order valence-corrected chi connectivity index (χ4v) is 10.1. The Morgan fingerprint density at radius 2 is 0.895 bits per heavy atom. The first-order chi connectivity index (χ1) is 27.8. The molecule has 0 unspecified atom stereocenters. The molecular formula is C56H43N. The molecule has 2 aliphatic rings. The number of rotatable bonds is 5. The van der Waals surface area contributed by atoms with Crippen LogP contribution in [0.15, 0.2) is 188 Å². The van der Waals surface area contributed by atoms with Crippen LogP contribution in [-0.2, 0) is 10.8 Å². The fourth-order valence-electron chi connectivity index (χ4n) is 10.1. The Hall–Kier alpha value is -6.70. The minimum Gasteiger partial charge on any atom is -0.310 e. The summed E-state index contributed by atoms with van der Waals surface area (Å²) in [5.41, 5.74) is 19.0. The minimum atomic E-state index is -0.0809. The molecule has 0 saturated carbocycles. The van der Waals surface area contributed by atoms with Crippen molar-refractivity contribution in [2.24, 2.45) is 0 Å². The molecule has 0 radical (unpaired) electrons. The SMILES string of the molecule is CC1(C)c2ccccc2-c2cc(N(c3ccc(-c4ccc5c(ccc6ccccc65)c4)cc3)c3ccccc3-c3cccc4c3-c3ccccc3C4(C)C)ccc21. The molecule has 0 aliphatic heterocycles. The third kappa shape index (κ3) is 5.02. The van der Waals surface area contributed by atoms with E-state index in [-0.39, 0.29) is 10.8 Å². The van der Waals surface area contributed by atoms with Crippen molar-refractivity contribution in [3.8, 4) is 44.5 Å². The van der Waals surface area contributed by atoms with Gasteiger partial charge in [-0.25, -0.2) is 0 Å². The van der Waals surface area contributed by atoms with Gasteiger partial charge in [0.15, 0.2) is 0 Å². The maximum Gasteiger partial charge on any atom is 0.0540 e. The highest BCUT2D eigenvalue weighted by Crippen LogP contribution is 2.55. The minimum absolute atomic E-state index is 0.0637. The zero-order valence-corrected chi connectivity index (χ0v) is 32.8. The summed E-state index contributed by atoms with van der Waals surface area (Å²) in [5.74, 6) is 0. The highest BCUT2D eigenvalue weighted by molar-refractivity contribution is 6.08. The van der Waals surface area contributed by atoms with E-state index in [4.69, 9.17) is 0 Å². The Morgan fingerprint density at radius 1 is 0.333 bits per heavy atom. The lowest BCUT2D eigenvalue weighted by atomic mass is 9.82. The summed E-state index contributed by atoms with van der Waals surface area (Å²) in [5, 5.41) is 5.11. The zero-order valence-electron chi connectivity index (χ0n) is 32.8. The van der Waals surface area contributed by atoms with Gasteiger partial charge < -0.3 is 4.90 Å². The van der Waals surface area contributed by atoms with Crippen LogP contribution in [0, 0.1) is 0 Å². The number of nitrogens with zero attached hydrogens (tertiary/aromatic N) is 1. The maximum atomic E-state index is 2.48. The van der Waals surface area contributed by atoms with Gasteiger partial charge in [-0.3, -0.25) is 0 Å². The van der Waals surface area contributed by atoms with Crippen LogP contribution in [0.4, 0.5) is 17.1 Å². The Morgan fingerprint density at radius 3 is 1.72 bits per heavy atom. The lowest BCUT2D eigenvalue weighted by molar-refractivity contribution is 0.660. The first kappa shape index (κ1) is 33.6. The Kier molecular flexibility index (Phi) is 7.32. The third-order valence-corrected chi connectivity index (χ3v) is 13.1. The summed E-state index contributed by atoms with van der Waals surface area (Å²) < 4.78 is 0. The first-order valence-electron chi connectivity index (χ1n) is 20.2. The van der Waals surface area contributed by atoms with Gasteiger partial charge in [-0.1, -0.05) is 179 Å². The van der Waals surface area contributed by atoms with E-state index in [1.165, 1.54) is 88.3 Å². The highest BCUT2D eigenvalue weighted by atomic mass is 15.1. The molecule has 11 rings (SSSR count). The van der Waals surface area contributed by atoms with Gasteiger partial charge >= 0.3 is 0 Å². The van der Waals surface area contributed by atoms with Crippen LogP contribution in [0.1, 0.15) is 49.9 Å². The predicted molar refractivity (Wildman–Crippen MR) is 242 cm³/mol. The lowest BCUT2D eigenvalue weighted by Gasteiger charge is -2.30. The van der Waals surface area contributed by atoms with Crippen molar-refractivity contribution in [1.82, 2.24) is 0 Å². The number of anilines is 3. The van der Waals surface area contributed by atoms with E-state index in [0.717, 1.165) is 17.1 Å². The molecule has 0 atom stereocenters. The monoisotopic (exact) mass is 729 g/mol. The Labute approximate surface area is 335 Å². The van der Waals surface area contributed by atoms with E-state index in [9.17, 15) is 0 Å². The molecule has 9 aromatic carbocycles. The molecule has 0 bridgehead atoms. The molecule has 1 heteroatoms. The average molecular weight is 730 g/mol. The smallest absolute Gasteiger partial charge is 0.0540 e. The van der Waals surface area contributed by atoms with E-state index in [1.54, 1.807) is 0 Å². The molecule has 0 amide bonds. The number of benzene rings is 9. The highest BCUT2D eigenvalue weighted by Gasteiger charge is 2.38. The van der Waals surface area contributed by atoms with E-state index in [0.29, 0.717) is 0 Å². The maximum absolute atomic E-state index is 2.48. The van der Waals surface area contributed by atoms with Crippen molar-refractivity contribution in [1.29, 1.82) is 0 Å². The van der Waals surface area contributed by atoms with Gasteiger partial charge in [0, 0.05) is 27.8 Å². The molecule has 0 spiro atoms. The van der Waals surface area contributed by atoms with Crippen molar-refractivity contribution in [2.75, 3.05) is 4.90 Å². The van der Waals surface area contributed by atoms with Crippen LogP contribution in [0.25, 0.3) is 66.1 Å². The van der Waals surface area contributed by atoms with Crippen LogP contribution in [0.5, 0.6) is 0 Å². The largest absolute Gasteiger partial charge is 0.310 e. The summed E-state index contributed by atoms with van der Waals surface area (Å²) in [7, 11) is 0. The normalized spacial score (nSPS) is 14.2. The van der Waals surface area contributed by atoms with Gasteiger partial charge in [-0.2, -0.15) is 0 Å². The second-order valence-corrected chi connectivity index (χ2v) is 16.9. The molecule has 0 saturated heterocycles. The van der Waals surface area contributed by atoms with E-state index in [2.05, 4.69) is 221 Å². The Balaban J connectivity index is 1.09. The number of hydrogen-bond donors (Lipinski definition) is 0. The molecule has 1 nitrogen and oxygen atoms in total. The summed E-state index contributed by atoms with van der Waals surface area (Å²) in [6, 6.07) is 70.1. The molecule has 0 aromatic heterocycles. The van der Waals surface area contributed by atoms with Crippen molar-refractivity contribution >= 4 is 38.6 Å². The average Bonchev–Trinajstić information content (AvgIpc) is 3.63. The third-order valence-electron chi connectivity index (χ3n) is 13.1. The zero-order chi connectivity index (χ0) is 38.5. The number of para-hydroxylation sites is 1. The van der Waals surface area contributed by atoms with Gasteiger partial charge in [-0.15, -0.1) is 0 Å². The molecule has 9 aromatic rings. The van der Waals surface area contributed by atoms with E-state index < -0.39 is 0 Å². The van der Waals surface area contributed by atoms with Crippen LogP contribution >= 0.6 is 0 Å². The fraction of sp³-hybridized carbons (Fsp3) is 0.107.